The predicted octanol–water partition coefficient (Wildman–Crippen LogP) is 4.92. The highest BCUT2D eigenvalue weighted by molar-refractivity contribution is 7.80. The molecule has 5 rings (SSSR count). The van der Waals surface area contributed by atoms with Gasteiger partial charge in [-0.3, -0.25) is 9.13 Å². The van der Waals surface area contributed by atoms with Crippen LogP contribution in [-0.4, -0.2) is 93.2 Å². The summed E-state index contributed by atoms with van der Waals surface area (Å²) in [6.07, 6.45) is -0.836. The van der Waals surface area contributed by atoms with Gasteiger partial charge in [-0.15, -0.1) is 0 Å². The number of thiocarbonyl (C=S) groups is 2. The van der Waals surface area contributed by atoms with Gasteiger partial charge < -0.3 is 40.2 Å². The van der Waals surface area contributed by atoms with Crippen LogP contribution in [0.15, 0.2) is 67.0 Å². The summed E-state index contributed by atoms with van der Waals surface area (Å²) in [6, 6.07) is 18.0. The van der Waals surface area contributed by atoms with Gasteiger partial charge >= 0.3 is 7.67 Å². The van der Waals surface area contributed by atoms with E-state index in [2.05, 4.69) is 25.1 Å². The van der Waals surface area contributed by atoms with E-state index >= 15 is 4.57 Å². The molecule has 2 unspecified atom stereocenters. The number of nitrogens with one attached hydrogen (secondary N) is 2. The first-order chi connectivity index (χ1) is 25.7. The largest absolute Gasteiger partial charge is 0.501 e. The Morgan fingerprint density at radius 3 is 2.33 bits per heavy atom. The van der Waals surface area contributed by atoms with Crippen molar-refractivity contribution >= 4 is 59.3 Å². The van der Waals surface area contributed by atoms with E-state index in [1.807, 2.05) is 74.5 Å². The topological polar surface area (TPSA) is 219 Å². The van der Waals surface area contributed by atoms with E-state index in [0.29, 0.717) is 25.7 Å². The van der Waals surface area contributed by atoms with Gasteiger partial charge in [-0.2, -0.15) is 9.97 Å². The second-order valence-electron chi connectivity index (χ2n) is 13.6. The van der Waals surface area contributed by atoms with E-state index in [-0.39, 0.29) is 29.4 Å². The fraction of sp³-hybridized carbons (Fsp3) is 0.472. The Kier molecular flexibility index (Phi) is 13.4. The Morgan fingerprint density at radius 1 is 1.11 bits per heavy atom. The van der Waals surface area contributed by atoms with Gasteiger partial charge in [-0.05, 0) is 67.7 Å². The van der Waals surface area contributed by atoms with Crippen molar-refractivity contribution in [2.45, 2.75) is 88.5 Å². The second-order valence-corrected chi connectivity index (χ2v) is 16.3. The molecule has 3 heterocycles. The van der Waals surface area contributed by atoms with Crippen molar-refractivity contribution in [3.8, 4) is 5.88 Å². The molecule has 18 heteroatoms. The van der Waals surface area contributed by atoms with Crippen LogP contribution < -0.4 is 20.6 Å². The van der Waals surface area contributed by atoms with E-state index in [0.717, 1.165) is 11.1 Å². The van der Waals surface area contributed by atoms with Gasteiger partial charge in [0.2, 0.25) is 11.8 Å². The summed E-state index contributed by atoms with van der Waals surface area (Å²) >= 11 is 10.8. The van der Waals surface area contributed by atoms with E-state index in [4.69, 9.17) is 44.2 Å². The molecule has 1 saturated heterocycles. The second kappa shape index (κ2) is 17.4. The molecule has 0 saturated carbocycles. The lowest BCUT2D eigenvalue weighted by Crippen LogP contribution is -2.59. The third kappa shape index (κ3) is 8.91. The number of ether oxygens (including phenoxy) is 2. The number of nitrogens with two attached hydrogens (primary N) is 1. The minimum absolute atomic E-state index is 0.106. The molecule has 15 nitrogen and oxygen atoms in total. The molecule has 1 aliphatic rings. The zero-order valence-corrected chi connectivity index (χ0v) is 33.1. The quantitative estimate of drug-likeness (QED) is 0.0494. The maximum absolute atomic E-state index is 15.4. The predicted molar refractivity (Wildman–Crippen MR) is 213 cm³/mol. The molecule has 2 aromatic heterocycles. The number of nitrogen functional groups attached to an aromatic ring is 1. The Hall–Kier alpha value is -3.64. The number of hydrogen-bond acceptors (Lipinski definition) is 12. The van der Waals surface area contributed by atoms with Crippen LogP contribution in [0.1, 0.15) is 57.4 Å². The van der Waals surface area contributed by atoms with Crippen LogP contribution in [0.4, 0.5) is 5.95 Å². The molecule has 0 bridgehead atoms. The SMILES string of the molecule is CCC[C@H](NP(=O)(N[C@](Cc1ccccc1)(C(O)=S)C(CC)Cc1ccccc1)OC[C@H]1O[C@@H](n2cnc3c(OC)nc(N)nc32)[C@](C)(O)[C@@H]1O)C(O)=S. The van der Waals surface area contributed by atoms with Crippen LogP contribution in [0.2, 0.25) is 0 Å². The molecule has 8 atom stereocenters. The van der Waals surface area contributed by atoms with Crippen molar-refractivity contribution in [1.29, 1.82) is 0 Å². The van der Waals surface area contributed by atoms with Crippen molar-refractivity contribution in [2.75, 3.05) is 19.5 Å². The summed E-state index contributed by atoms with van der Waals surface area (Å²) in [5.74, 6) is -0.435. The van der Waals surface area contributed by atoms with Crippen LogP contribution >= 0.6 is 32.1 Å². The van der Waals surface area contributed by atoms with Gasteiger partial charge in [0, 0.05) is 0 Å². The molecule has 1 aliphatic heterocycles. The number of aromatic nitrogens is 4. The highest BCUT2D eigenvalue weighted by Gasteiger charge is 2.55. The Balaban J connectivity index is 1.53. The van der Waals surface area contributed by atoms with Crippen LogP contribution in [-0.2, 0) is 26.7 Å². The monoisotopic (exact) mass is 801 g/mol. The Labute approximate surface area is 324 Å². The third-order valence-electron chi connectivity index (χ3n) is 9.80. The lowest BCUT2D eigenvalue weighted by atomic mass is 9.75. The van der Waals surface area contributed by atoms with Gasteiger partial charge in [0.25, 0.3) is 0 Å². The smallest absolute Gasteiger partial charge is 0.342 e. The summed E-state index contributed by atoms with van der Waals surface area (Å²) < 4.78 is 34.4. The van der Waals surface area contributed by atoms with Crippen molar-refractivity contribution < 1.29 is 39.0 Å². The van der Waals surface area contributed by atoms with Gasteiger partial charge in [0.05, 0.1) is 26.1 Å². The molecule has 0 spiro atoms. The maximum atomic E-state index is 15.4. The number of anilines is 1. The van der Waals surface area contributed by atoms with E-state index in [9.17, 15) is 20.4 Å². The number of aliphatic hydroxyl groups excluding tert-OH is 3. The first kappa shape index (κ1) is 41.5. The molecule has 0 radical (unpaired) electrons. The molecule has 2 aromatic carbocycles. The molecule has 8 N–H and O–H groups in total. The molecule has 54 heavy (non-hydrogen) atoms. The van der Waals surface area contributed by atoms with Crippen LogP contribution in [0.5, 0.6) is 5.88 Å². The van der Waals surface area contributed by atoms with Crippen molar-refractivity contribution in [3.63, 3.8) is 0 Å². The fourth-order valence-corrected chi connectivity index (χ4v) is 9.68. The van der Waals surface area contributed by atoms with Gasteiger partial charge in [-0.1, -0.05) is 87.4 Å². The van der Waals surface area contributed by atoms with Gasteiger partial charge in [0.1, 0.15) is 23.3 Å². The van der Waals surface area contributed by atoms with Crippen molar-refractivity contribution in [2.24, 2.45) is 5.92 Å². The number of methoxy groups -OCH3 is 1. The highest BCUT2D eigenvalue weighted by atomic mass is 32.1. The maximum Gasteiger partial charge on any atom is 0.342 e. The lowest BCUT2D eigenvalue weighted by Gasteiger charge is -2.42. The molecular formula is C36H48N7O8PS2. The number of nitrogens with zero attached hydrogens (tertiary/aromatic N) is 4. The first-order valence-electron chi connectivity index (χ1n) is 17.6. The number of benzene rings is 2. The van der Waals surface area contributed by atoms with Crippen molar-refractivity contribution in [3.05, 3.63) is 78.1 Å². The van der Waals surface area contributed by atoms with Gasteiger partial charge in [0.15, 0.2) is 27.5 Å². The normalized spacial score (nSPS) is 23.3. The van der Waals surface area contributed by atoms with Gasteiger partial charge in [-0.25, -0.2) is 15.2 Å². The summed E-state index contributed by atoms with van der Waals surface area (Å²) in [4.78, 5) is 12.6. The average Bonchev–Trinajstić information content (AvgIpc) is 3.65. The number of aliphatic hydroxyl groups is 4. The summed E-state index contributed by atoms with van der Waals surface area (Å²) in [7, 11) is -3.04. The summed E-state index contributed by atoms with van der Waals surface area (Å²) in [5, 5.41) is 50.3. The van der Waals surface area contributed by atoms with Crippen molar-refractivity contribution in [1.82, 2.24) is 29.7 Å². The highest BCUT2D eigenvalue weighted by Crippen LogP contribution is 2.48. The van der Waals surface area contributed by atoms with Crippen LogP contribution in [0, 0.1) is 5.92 Å². The minimum Gasteiger partial charge on any atom is -0.501 e. The van der Waals surface area contributed by atoms with Crippen LogP contribution in [0.3, 0.4) is 0 Å². The molecule has 1 fully saturated rings. The summed E-state index contributed by atoms with van der Waals surface area (Å²) in [6.45, 7) is 4.66. The minimum atomic E-state index is -4.44. The van der Waals surface area contributed by atoms with E-state index in [1.165, 1.54) is 24.9 Å². The average molecular weight is 802 g/mol. The van der Waals surface area contributed by atoms with Crippen LogP contribution in [0.25, 0.3) is 11.2 Å². The Morgan fingerprint density at radius 2 is 1.76 bits per heavy atom. The number of imidazole rings is 1. The third-order valence-corrected chi connectivity index (χ3v) is 12.3. The van der Waals surface area contributed by atoms with E-state index in [1.54, 1.807) is 0 Å². The lowest BCUT2D eigenvalue weighted by molar-refractivity contribution is -0.0947. The van der Waals surface area contributed by atoms with E-state index < -0.39 is 65.9 Å². The first-order valence-corrected chi connectivity index (χ1v) is 20.1. The molecular weight excluding hydrogens is 754 g/mol. The number of rotatable bonds is 19. The molecule has 292 valence electrons. The number of hydrogen-bond donors (Lipinski definition) is 7. The zero-order valence-electron chi connectivity index (χ0n) is 30.5. The molecule has 4 aromatic rings. The zero-order chi connectivity index (χ0) is 39.3. The molecule has 0 aliphatic carbocycles. The molecule has 0 amide bonds. The Bertz CT molecular complexity index is 1960. The standard InChI is InChI=1S/C36H48N7O8PS2/c1-5-13-25(31(45)53)41-52(48,42-36(33(46)54,19-23-16-11-8-12-17-23)24(6-2)18-22-14-9-7-10-15-22)50-20-26-28(44)35(3,47)32(51-26)43-21-38-27-29(43)39-34(37)40-30(27)49-4/h7-12,14-17,21,24-26,28,32,44,47H,5-6,13,18-20H2,1-4H3,(H,45,53)(H,46,54)(H2,37,39,40)(H2,41,42,48)/t24?,25-,26+,28+,32+,35+,36-,52?/m0/s1. The summed E-state index contributed by atoms with van der Waals surface area (Å²) in [5.41, 5.74) is 4.62. The number of fused-ring (bicyclic) bond motifs is 1. The fourth-order valence-electron chi connectivity index (χ4n) is 6.94.